The molecule has 0 bridgehead atoms. The van der Waals surface area contributed by atoms with Gasteiger partial charge in [0.1, 0.15) is 5.82 Å². The highest BCUT2D eigenvalue weighted by Gasteiger charge is 2.21. The number of hydrogen-bond acceptors (Lipinski definition) is 3. The molecule has 3 N–H and O–H groups in total. The molecule has 5 heteroatoms. The third kappa shape index (κ3) is 2.77. The Labute approximate surface area is 81.3 Å². The van der Waals surface area contributed by atoms with Crippen molar-refractivity contribution in [3.63, 3.8) is 0 Å². The summed E-state index contributed by atoms with van der Waals surface area (Å²) in [6, 6.07) is 1.18. The first-order valence-electron chi connectivity index (χ1n) is 4.10. The number of amides is 1. The highest BCUT2D eigenvalue weighted by atomic mass is 19.1. The maximum atomic E-state index is 12.7. The summed E-state index contributed by atoms with van der Waals surface area (Å²) in [7, 11) is 0. The number of nitrogens with zero attached hydrogens (tertiary/aromatic N) is 1. The van der Waals surface area contributed by atoms with Gasteiger partial charge < -0.3 is 11.1 Å². The van der Waals surface area contributed by atoms with Gasteiger partial charge in [0.05, 0.1) is 23.6 Å². The third-order valence-corrected chi connectivity index (χ3v) is 1.55. The van der Waals surface area contributed by atoms with Crippen LogP contribution in [0.1, 0.15) is 13.8 Å². The highest BCUT2D eigenvalue weighted by molar-refractivity contribution is 5.97. The van der Waals surface area contributed by atoms with Crippen molar-refractivity contribution in [3.8, 4) is 0 Å². The molecule has 0 spiro atoms. The van der Waals surface area contributed by atoms with Crippen LogP contribution in [-0.2, 0) is 4.79 Å². The van der Waals surface area contributed by atoms with Crippen LogP contribution >= 0.6 is 0 Å². The van der Waals surface area contributed by atoms with Crippen molar-refractivity contribution >= 4 is 11.6 Å². The van der Waals surface area contributed by atoms with E-state index in [9.17, 15) is 9.18 Å². The van der Waals surface area contributed by atoms with E-state index in [0.717, 1.165) is 6.20 Å². The number of carbonyl (C=O) groups is 1. The summed E-state index contributed by atoms with van der Waals surface area (Å²) >= 11 is 0. The van der Waals surface area contributed by atoms with Gasteiger partial charge in [-0.1, -0.05) is 0 Å². The number of carbonyl (C=O) groups excluding carboxylic acids is 1. The normalized spacial score (nSPS) is 11.1. The van der Waals surface area contributed by atoms with E-state index < -0.39 is 11.4 Å². The van der Waals surface area contributed by atoms with E-state index >= 15 is 0 Å². The van der Waals surface area contributed by atoms with Crippen LogP contribution in [0.2, 0.25) is 0 Å². The van der Waals surface area contributed by atoms with Crippen molar-refractivity contribution in [1.29, 1.82) is 0 Å². The summed E-state index contributed by atoms with van der Waals surface area (Å²) in [6.45, 7) is 3.13. The maximum Gasteiger partial charge on any atom is 0.243 e. The lowest BCUT2D eigenvalue weighted by atomic mass is 10.1. The predicted molar refractivity (Wildman–Crippen MR) is 51.1 cm³/mol. The van der Waals surface area contributed by atoms with Crippen molar-refractivity contribution in [2.45, 2.75) is 19.4 Å². The lowest BCUT2D eigenvalue weighted by Gasteiger charge is -2.17. The van der Waals surface area contributed by atoms with Gasteiger partial charge >= 0.3 is 0 Å². The van der Waals surface area contributed by atoms with Crippen LogP contribution < -0.4 is 11.1 Å². The molecule has 1 aromatic rings. The molecule has 1 heterocycles. The topological polar surface area (TPSA) is 68.0 Å². The second kappa shape index (κ2) is 3.71. The van der Waals surface area contributed by atoms with Crippen molar-refractivity contribution in [1.82, 2.24) is 4.98 Å². The Kier molecular flexibility index (Phi) is 2.81. The number of hydrogen-bond donors (Lipinski definition) is 2. The second-order valence-electron chi connectivity index (χ2n) is 3.57. The fraction of sp³-hybridized carbons (Fsp3) is 0.333. The van der Waals surface area contributed by atoms with Crippen LogP contribution in [0.4, 0.5) is 10.1 Å². The number of nitrogens with one attached hydrogen (secondary N) is 1. The van der Waals surface area contributed by atoms with Gasteiger partial charge in [-0.3, -0.25) is 9.78 Å². The molecule has 0 atom stereocenters. The molecule has 0 radical (unpaired) electrons. The first kappa shape index (κ1) is 10.6. The Balaban J connectivity index is 2.75. The molecule has 0 aliphatic carbocycles. The molecule has 0 fully saturated rings. The molecule has 0 saturated carbocycles. The van der Waals surface area contributed by atoms with Crippen molar-refractivity contribution in [2.24, 2.45) is 5.73 Å². The zero-order valence-corrected chi connectivity index (χ0v) is 8.04. The average molecular weight is 197 g/mol. The van der Waals surface area contributed by atoms with Crippen LogP contribution in [0, 0.1) is 5.82 Å². The number of pyridine rings is 1. The van der Waals surface area contributed by atoms with Gasteiger partial charge in [0, 0.05) is 6.07 Å². The zero-order valence-electron chi connectivity index (χ0n) is 8.04. The second-order valence-corrected chi connectivity index (χ2v) is 3.57. The van der Waals surface area contributed by atoms with Gasteiger partial charge in [-0.15, -0.1) is 0 Å². The standard InChI is InChI=1S/C9H12FN3O/c1-9(2,11)8(14)13-7-3-6(10)4-12-5-7/h3-5H,11H2,1-2H3,(H,13,14). The Morgan fingerprint density at radius 2 is 2.21 bits per heavy atom. The molecule has 76 valence electrons. The van der Waals surface area contributed by atoms with Gasteiger partial charge in [-0.25, -0.2) is 4.39 Å². The van der Waals surface area contributed by atoms with E-state index in [4.69, 9.17) is 5.73 Å². The molecule has 0 unspecified atom stereocenters. The Morgan fingerprint density at radius 1 is 1.57 bits per heavy atom. The summed E-state index contributed by atoms with van der Waals surface area (Å²) in [5, 5.41) is 2.46. The monoisotopic (exact) mass is 197 g/mol. The molecule has 1 aromatic heterocycles. The van der Waals surface area contributed by atoms with E-state index in [-0.39, 0.29) is 5.91 Å². The molecular formula is C9H12FN3O. The molecule has 1 amide bonds. The summed E-state index contributed by atoms with van der Waals surface area (Å²) < 4.78 is 12.7. The smallest absolute Gasteiger partial charge is 0.243 e. The third-order valence-electron chi connectivity index (χ3n) is 1.55. The van der Waals surface area contributed by atoms with E-state index in [1.165, 1.54) is 12.3 Å². The summed E-state index contributed by atoms with van der Waals surface area (Å²) in [4.78, 5) is 14.9. The van der Waals surface area contributed by atoms with Crippen LogP contribution in [0.25, 0.3) is 0 Å². The fourth-order valence-corrected chi connectivity index (χ4v) is 0.772. The van der Waals surface area contributed by atoms with Crippen LogP contribution in [0.3, 0.4) is 0 Å². The molecule has 4 nitrogen and oxygen atoms in total. The molecule has 1 rings (SSSR count). The minimum absolute atomic E-state index is 0.300. The Hall–Kier alpha value is -1.49. The van der Waals surface area contributed by atoms with Crippen LogP contribution in [0.15, 0.2) is 18.5 Å². The van der Waals surface area contributed by atoms with E-state index in [0.29, 0.717) is 5.69 Å². The number of rotatable bonds is 2. The first-order chi connectivity index (χ1) is 6.39. The lowest BCUT2D eigenvalue weighted by molar-refractivity contribution is -0.120. The SMILES string of the molecule is CC(C)(N)C(=O)Nc1cncc(F)c1. The molecule has 0 aromatic carbocycles. The molecule has 14 heavy (non-hydrogen) atoms. The number of aromatic nitrogens is 1. The predicted octanol–water partition coefficient (Wildman–Crippen LogP) is 0.896. The Bertz CT molecular complexity index is 346. The largest absolute Gasteiger partial charge is 0.323 e. The highest BCUT2D eigenvalue weighted by Crippen LogP contribution is 2.09. The Morgan fingerprint density at radius 3 is 2.71 bits per heavy atom. The van der Waals surface area contributed by atoms with Gasteiger partial charge in [0.2, 0.25) is 5.91 Å². The maximum absolute atomic E-state index is 12.7. The van der Waals surface area contributed by atoms with Gasteiger partial charge in [0.15, 0.2) is 0 Å². The molecule has 0 aliphatic heterocycles. The molecular weight excluding hydrogens is 185 g/mol. The van der Waals surface area contributed by atoms with Gasteiger partial charge in [-0.2, -0.15) is 0 Å². The minimum atomic E-state index is -0.994. The number of anilines is 1. The zero-order chi connectivity index (χ0) is 10.8. The summed E-state index contributed by atoms with van der Waals surface area (Å²) in [6.07, 6.45) is 2.41. The van der Waals surface area contributed by atoms with Crippen LogP contribution in [0.5, 0.6) is 0 Å². The van der Waals surface area contributed by atoms with Crippen molar-refractivity contribution in [3.05, 3.63) is 24.3 Å². The number of nitrogens with two attached hydrogens (primary N) is 1. The summed E-state index contributed by atoms with van der Waals surface area (Å²) in [5.74, 6) is -0.887. The lowest BCUT2D eigenvalue weighted by Crippen LogP contribution is -2.45. The fourth-order valence-electron chi connectivity index (χ4n) is 0.772. The van der Waals surface area contributed by atoms with E-state index in [2.05, 4.69) is 10.3 Å². The van der Waals surface area contributed by atoms with Crippen molar-refractivity contribution in [2.75, 3.05) is 5.32 Å². The van der Waals surface area contributed by atoms with Crippen LogP contribution in [-0.4, -0.2) is 16.4 Å². The van der Waals surface area contributed by atoms with Gasteiger partial charge in [-0.05, 0) is 13.8 Å². The number of halogens is 1. The average Bonchev–Trinajstić information content (AvgIpc) is 2.02. The van der Waals surface area contributed by atoms with E-state index in [1.807, 2.05) is 0 Å². The quantitative estimate of drug-likeness (QED) is 0.740. The minimum Gasteiger partial charge on any atom is -0.323 e. The van der Waals surface area contributed by atoms with Gasteiger partial charge in [0.25, 0.3) is 0 Å². The molecule has 0 saturated heterocycles. The summed E-state index contributed by atoms with van der Waals surface area (Å²) in [5.41, 5.74) is 4.84. The molecule has 0 aliphatic rings. The van der Waals surface area contributed by atoms with E-state index in [1.54, 1.807) is 13.8 Å². The van der Waals surface area contributed by atoms with Crippen molar-refractivity contribution < 1.29 is 9.18 Å². The first-order valence-corrected chi connectivity index (χ1v) is 4.10.